The molecule has 0 aliphatic carbocycles. The van der Waals surface area contributed by atoms with Crippen LogP contribution in [0.1, 0.15) is 25.3 Å². The van der Waals surface area contributed by atoms with Crippen molar-refractivity contribution in [3.8, 4) is 11.1 Å². The highest BCUT2D eigenvalue weighted by Crippen LogP contribution is 2.40. The molecule has 2 atom stereocenters. The van der Waals surface area contributed by atoms with Crippen LogP contribution in [0.3, 0.4) is 0 Å². The van der Waals surface area contributed by atoms with Gasteiger partial charge in [0.2, 0.25) is 17.7 Å². The van der Waals surface area contributed by atoms with E-state index in [0.717, 1.165) is 29.9 Å². The van der Waals surface area contributed by atoms with Crippen LogP contribution in [0.2, 0.25) is 0 Å². The zero-order chi connectivity index (χ0) is 25.3. The Bertz CT molecular complexity index is 1260. The van der Waals surface area contributed by atoms with Crippen LogP contribution in [0.5, 0.6) is 0 Å². The van der Waals surface area contributed by atoms with E-state index in [0.29, 0.717) is 12.1 Å². The Hall–Kier alpha value is -3.93. The second-order valence-electron chi connectivity index (χ2n) is 9.85. The highest BCUT2D eigenvalue weighted by Gasteiger charge is 2.53. The van der Waals surface area contributed by atoms with Gasteiger partial charge in [-0.3, -0.25) is 19.3 Å². The van der Waals surface area contributed by atoms with Gasteiger partial charge in [-0.1, -0.05) is 72.8 Å². The van der Waals surface area contributed by atoms with E-state index in [1.165, 1.54) is 11.9 Å². The molecule has 3 amide bonds. The number of carbonyl (C=O) groups is 3. The Morgan fingerprint density at radius 2 is 1.47 bits per heavy atom. The lowest BCUT2D eigenvalue weighted by Gasteiger charge is -2.42. The van der Waals surface area contributed by atoms with Crippen LogP contribution in [0.15, 0.2) is 84.9 Å². The van der Waals surface area contributed by atoms with Gasteiger partial charge in [0.05, 0.1) is 5.41 Å². The molecule has 6 nitrogen and oxygen atoms in total. The number of hydrogen-bond acceptors (Lipinski definition) is 4. The average molecular weight is 482 g/mol. The van der Waals surface area contributed by atoms with E-state index in [2.05, 4.69) is 17.0 Å². The van der Waals surface area contributed by atoms with Crippen LogP contribution in [-0.2, 0) is 19.8 Å². The van der Waals surface area contributed by atoms with Gasteiger partial charge in [0.1, 0.15) is 0 Å². The molecule has 3 aromatic rings. The van der Waals surface area contributed by atoms with Crippen molar-refractivity contribution in [3.63, 3.8) is 0 Å². The lowest BCUT2D eigenvalue weighted by molar-refractivity contribution is -0.142. The summed E-state index contributed by atoms with van der Waals surface area (Å²) in [5.41, 5.74) is 2.79. The summed E-state index contributed by atoms with van der Waals surface area (Å²) in [5, 5.41) is 0. The first kappa shape index (κ1) is 23.8. The smallest absolute Gasteiger partial charge is 0.240 e. The average Bonchev–Trinajstić information content (AvgIpc) is 3.13. The van der Waals surface area contributed by atoms with E-state index < -0.39 is 5.41 Å². The summed E-state index contributed by atoms with van der Waals surface area (Å²) in [5.74, 6) is -0.635. The SMILES string of the molecule is CC1CN(c2ccccc2)CCN1C(=O)CC1(c2ccc(-c3ccccc3)cc2)CC(=O)N(C)C1=O. The first-order valence-electron chi connectivity index (χ1n) is 12.5. The van der Waals surface area contributed by atoms with Crippen LogP contribution in [-0.4, -0.2) is 60.2 Å². The van der Waals surface area contributed by atoms with Crippen LogP contribution >= 0.6 is 0 Å². The molecule has 0 aromatic heterocycles. The summed E-state index contributed by atoms with van der Waals surface area (Å²) in [6, 6.07) is 27.9. The fourth-order valence-corrected chi connectivity index (χ4v) is 5.53. The van der Waals surface area contributed by atoms with Gasteiger partial charge in [-0.15, -0.1) is 0 Å². The molecule has 0 bridgehead atoms. The number of para-hydroxylation sites is 1. The zero-order valence-electron chi connectivity index (χ0n) is 20.8. The summed E-state index contributed by atoms with van der Waals surface area (Å²) in [6.07, 6.45) is -0.000603. The van der Waals surface area contributed by atoms with Gasteiger partial charge in [0.15, 0.2) is 0 Å². The van der Waals surface area contributed by atoms with E-state index in [-0.39, 0.29) is 36.6 Å². The fourth-order valence-electron chi connectivity index (χ4n) is 5.53. The molecule has 36 heavy (non-hydrogen) atoms. The van der Waals surface area contributed by atoms with E-state index >= 15 is 0 Å². The van der Waals surface area contributed by atoms with Crippen molar-refractivity contribution in [3.05, 3.63) is 90.5 Å². The third-order valence-corrected chi connectivity index (χ3v) is 7.61. The molecule has 2 unspecified atom stereocenters. The summed E-state index contributed by atoms with van der Waals surface area (Å²) in [6.45, 7) is 4.07. The first-order chi connectivity index (χ1) is 17.4. The van der Waals surface area contributed by atoms with E-state index in [4.69, 9.17) is 0 Å². The number of rotatable bonds is 5. The summed E-state index contributed by atoms with van der Waals surface area (Å²) in [7, 11) is 1.51. The molecule has 0 radical (unpaired) electrons. The number of carbonyl (C=O) groups excluding carboxylic acids is 3. The molecular formula is C30H31N3O3. The van der Waals surface area contributed by atoms with E-state index in [9.17, 15) is 14.4 Å². The Labute approximate surface area is 212 Å². The fraction of sp³-hybridized carbons (Fsp3) is 0.300. The highest BCUT2D eigenvalue weighted by molar-refractivity contribution is 6.10. The van der Waals surface area contributed by atoms with Gasteiger partial charge in [-0.25, -0.2) is 0 Å². The molecule has 5 rings (SSSR count). The van der Waals surface area contributed by atoms with Crippen molar-refractivity contribution in [1.82, 2.24) is 9.80 Å². The van der Waals surface area contributed by atoms with Crippen molar-refractivity contribution in [2.75, 3.05) is 31.6 Å². The minimum absolute atomic E-state index is 0.00565. The molecule has 2 aliphatic heterocycles. The predicted molar refractivity (Wildman–Crippen MR) is 140 cm³/mol. The molecule has 0 N–H and O–H groups in total. The lowest BCUT2D eigenvalue weighted by Crippen LogP contribution is -2.55. The quantitative estimate of drug-likeness (QED) is 0.515. The number of anilines is 1. The number of likely N-dealkylation sites (tertiary alicyclic amines) is 1. The third kappa shape index (κ3) is 4.28. The Morgan fingerprint density at radius 1 is 0.861 bits per heavy atom. The van der Waals surface area contributed by atoms with Gasteiger partial charge < -0.3 is 9.80 Å². The maximum Gasteiger partial charge on any atom is 0.240 e. The standard InChI is InChI=1S/C30H31N3O3/c1-22-21-32(26-11-7-4-8-12-26)17-18-33(22)28(35)20-30(19-27(34)31(2)29(30)36)25-15-13-24(14-16-25)23-9-5-3-6-10-23/h3-16,22H,17-21H2,1-2H3. The van der Waals surface area contributed by atoms with Crippen molar-refractivity contribution in [2.45, 2.75) is 31.2 Å². The van der Waals surface area contributed by atoms with Gasteiger partial charge in [-0.05, 0) is 35.7 Å². The minimum Gasteiger partial charge on any atom is -0.368 e. The van der Waals surface area contributed by atoms with Crippen molar-refractivity contribution in [1.29, 1.82) is 0 Å². The number of piperazine rings is 1. The number of imide groups is 1. The summed E-state index contributed by atoms with van der Waals surface area (Å²) in [4.78, 5) is 45.1. The number of nitrogens with zero attached hydrogens (tertiary/aromatic N) is 3. The van der Waals surface area contributed by atoms with Crippen LogP contribution < -0.4 is 4.90 Å². The van der Waals surface area contributed by atoms with Gasteiger partial charge in [-0.2, -0.15) is 0 Å². The topological polar surface area (TPSA) is 60.9 Å². The van der Waals surface area contributed by atoms with Gasteiger partial charge in [0.25, 0.3) is 0 Å². The molecule has 6 heteroatoms. The highest BCUT2D eigenvalue weighted by atomic mass is 16.2. The van der Waals surface area contributed by atoms with Gasteiger partial charge in [0, 0.05) is 51.3 Å². The normalized spacial score (nSPS) is 22.3. The largest absolute Gasteiger partial charge is 0.368 e. The first-order valence-corrected chi connectivity index (χ1v) is 12.5. The second-order valence-corrected chi connectivity index (χ2v) is 9.85. The van der Waals surface area contributed by atoms with Gasteiger partial charge >= 0.3 is 0 Å². The summed E-state index contributed by atoms with van der Waals surface area (Å²) < 4.78 is 0. The Morgan fingerprint density at radius 3 is 2.06 bits per heavy atom. The number of benzene rings is 3. The maximum atomic E-state index is 13.7. The number of amides is 3. The minimum atomic E-state index is -1.17. The van der Waals surface area contributed by atoms with Crippen LogP contribution in [0.25, 0.3) is 11.1 Å². The molecule has 3 aromatic carbocycles. The van der Waals surface area contributed by atoms with E-state index in [1.54, 1.807) is 0 Å². The summed E-state index contributed by atoms with van der Waals surface area (Å²) >= 11 is 0. The Balaban J connectivity index is 1.39. The second kappa shape index (κ2) is 9.61. The number of hydrogen-bond donors (Lipinski definition) is 0. The zero-order valence-corrected chi connectivity index (χ0v) is 20.8. The molecular weight excluding hydrogens is 450 g/mol. The van der Waals surface area contributed by atoms with Crippen molar-refractivity contribution >= 4 is 23.4 Å². The van der Waals surface area contributed by atoms with Crippen LogP contribution in [0, 0.1) is 0 Å². The maximum absolute atomic E-state index is 13.7. The lowest BCUT2D eigenvalue weighted by atomic mass is 9.75. The monoisotopic (exact) mass is 481 g/mol. The molecule has 2 aliphatic rings. The Kier molecular flexibility index (Phi) is 6.35. The van der Waals surface area contributed by atoms with E-state index in [1.807, 2.05) is 84.6 Å². The molecule has 0 spiro atoms. The molecule has 2 heterocycles. The van der Waals surface area contributed by atoms with Crippen LogP contribution in [0.4, 0.5) is 5.69 Å². The van der Waals surface area contributed by atoms with Crippen molar-refractivity contribution < 1.29 is 14.4 Å². The number of likely N-dealkylation sites (N-methyl/N-ethyl adjacent to an activating group) is 1. The van der Waals surface area contributed by atoms with Crippen molar-refractivity contribution in [2.24, 2.45) is 0 Å². The molecule has 2 fully saturated rings. The predicted octanol–water partition coefficient (Wildman–Crippen LogP) is 4.11. The molecule has 0 saturated carbocycles. The third-order valence-electron chi connectivity index (χ3n) is 7.61. The molecule has 184 valence electrons. The molecule has 2 saturated heterocycles.